The van der Waals surface area contributed by atoms with Crippen LogP contribution in [0.5, 0.6) is 0 Å². The van der Waals surface area contributed by atoms with Crippen LogP contribution >= 0.6 is 0 Å². The summed E-state index contributed by atoms with van der Waals surface area (Å²) in [5, 5.41) is 8.85. The van der Waals surface area contributed by atoms with Crippen molar-refractivity contribution in [2.24, 2.45) is 0 Å². The minimum atomic E-state index is 0.241. The van der Waals surface area contributed by atoms with Crippen LogP contribution in [0, 0.1) is 11.3 Å². The zero-order chi connectivity index (χ0) is 13.7. The Morgan fingerprint density at radius 1 is 1.32 bits per heavy atom. The predicted octanol–water partition coefficient (Wildman–Crippen LogP) is 2.36. The normalized spacial score (nSPS) is 12.3. The lowest BCUT2D eigenvalue weighted by Gasteiger charge is -2.18. The molecule has 1 N–H and O–H groups in total. The first-order valence-electron chi connectivity index (χ1n) is 6.35. The summed E-state index contributed by atoms with van der Waals surface area (Å²) in [6, 6.07) is 9.90. The Bertz CT molecular complexity index is 535. The topological polar surface area (TPSA) is 55.7 Å². The van der Waals surface area contributed by atoms with Gasteiger partial charge in [0.15, 0.2) is 0 Å². The van der Waals surface area contributed by atoms with E-state index in [2.05, 4.69) is 35.0 Å². The number of benzene rings is 1. The van der Waals surface area contributed by atoms with E-state index in [9.17, 15) is 0 Å². The summed E-state index contributed by atoms with van der Waals surface area (Å²) in [5.74, 6) is 1.22. The maximum absolute atomic E-state index is 8.85. The molecule has 19 heavy (non-hydrogen) atoms. The smallest absolute Gasteiger partial charge is 0.113 e. The van der Waals surface area contributed by atoms with E-state index < -0.39 is 0 Å². The minimum absolute atomic E-state index is 0.241. The molecular weight excluding hydrogens is 236 g/mol. The molecule has 4 heteroatoms. The lowest BCUT2D eigenvalue weighted by atomic mass is 9.94. The number of imidazole rings is 1. The van der Waals surface area contributed by atoms with Crippen molar-refractivity contribution in [3.8, 4) is 6.07 Å². The molecule has 2 rings (SSSR count). The second kappa shape index (κ2) is 6.17. The van der Waals surface area contributed by atoms with E-state index in [0.29, 0.717) is 5.56 Å². The zero-order valence-electron chi connectivity index (χ0n) is 11.3. The molecule has 1 heterocycles. The van der Waals surface area contributed by atoms with Crippen LogP contribution in [0.1, 0.15) is 29.3 Å². The predicted molar refractivity (Wildman–Crippen MR) is 74.8 cm³/mol. The highest BCUT2D eigenvalue weighted by atomic mass is 15.0. The van der Waals surface area contributed by atoms with Crippen molar-refractivity contribution < 1.29 is 0 Å². The number of hydrogen-bond donors (Lipinski definition) is 1. The minimum Gasteiger partial charge on any atom is -0.348 e. The zero-order valence-corrected chi connectivity index (χ0v) is 11.3. The Labute approximate surface area is 113 Å². The van der Waals surface area contributed by atoms with Crippen molar-refractivity contribution in [2.45, 2.75) is 12.3 Å². The Morgan fingerprint density at radius 3 is 2.58 bits per heavy atom. The standard InChI is InChI=1S/C15H18N4/c1-19(2)10-7-14(15-17-8-9-18-15)13-5-3-12(11-16)4-6-13/h3-6,8-9,14H,7,10H2,1-2H3,(H,17,18). The Hall–Kier alpha value is -2.12. The van der Waals surface area contributed by atoms with Gasteiger partial charge in [-0.05, 0) is 44.8 Å². The second-order valence-corrected chi connectivity index (χ2v) is 4.85. The van der Waals surface area contributed by atoms with Gasteiger partial charge in [-0.3, -0.25) is 0 Å². The number of H-pyrrole nitrogens is 1. The van der Waals surface area contributed by atoms with Crippen molar-refractivity contribution in [1.29, 1.82) is 5.26 Å². The third-order valence-corrected chi connectivity index (χ3v) is 3.16. The van der Waals surface area contributed by atoms with Crippen LogP contribution in [-0.4, -0.2) is 35.5 Å². The quantitative estimate of drug-likeness (QED) is 0.891. The van der Waals surface area contributed by atoms with Crippen LogP contribution in [0.4, 0.5) is 0 Å². The average molecular weight is 254 g/mol. The van der Waals surface area contributed by atoms with Gasteiger partial charge in [0.2, 0.25) is 0 Å². The molecule has 0 spiro atoms. The number of nitrogens with one attached hydrogen (secondary N) is 1. The van der Waals surface area contributed by atoms with E-state index in [4.69, 9.17) is 5.26 Å². The van der Waals surface area contributed by atoms with E-state index in [1.807, 2.05) is 30.5 Å². The maximum atomic E-state index is 8.85. The van der Waals surface area contributed by atoms with Gasteiger partial charge in [0.25, 0.3) is 0 Å². The van der Waals surface area contributed by atoms with E-state index in [0.717, 1.165) is 18.8 Å². The molecule has 1 unspecified atom stereocenters. The van der Waals surface area contributed by atoms with E-state index in [-0.39, 0.29) is 5.92 Å². The molecule has 0 bridgehead atoms. The molecule has 0 radical (unpaired) electrons. The summed E-state index contributed by atoms with van der Waals surface area (Å²) < 4.78 is 0. The van der Waals surface area contributed by atoms with Gasteiger partial charge >= 0.3 is 0 Å². The first-order chi connectivity index (χ1) is 9.20. The lowest BCUT2D eigenvalue weighted by molar-refractivity contribution is 0.388. The molecule has 0 aliphatic rings. The van der Waals surface area contributed by atoms with Crippen LogP contribution < -0.4 is 0 Å². The van der Waals surface area contributed by atoms with Gasteiger partial charge in [-0.2, -0.15) is 5.26 Å². The van der Waals surface area contributed by atoms with Crippen molar-refractivity contribution in [3.05, 3.63) is 53.6 Å². The van der Waals surface area contributed by atoms with Gasteiger partial charge in [-0.15, -0.1) is 0 Å². The van der Waals surface area contributed by atoms with E-state index in [1.54, 1.807) is 6.20 Å². The molecule has 0 saturated heterocycles. The van der Waals surface area contributed by atoms with Gasteiger partial charge < -0.3 is 9.88 Å². The molecule has 0 saturated carbocycles. The Morgan fingerprint density at radius 2 is 2.05 bits per heavy atom. The summed E-state index contributed by atoms with van der Waals surface area (Å²) in [4.78, 5) is 9.73. The summed E-state index contributed by atoms with van der Waals surface area (Å²) in [6.45, 7) is 0.991. The van der Waals surface area contributed by atoms with Crippen LogP contribution in [0.25, 0.3) is 0 Å². The number of aromatic amines is 1. The molecule has 1 aromatic heterocycles. The molecule has 2 aromatic rings. The highest BCUT2D eigenvalue weighted by Crippen LogP contribution is 2.25. The highest BCUT2D eigenvalue weighted by Gasteiger charge is 2.16. The largest absolute Gasteiger partial charge is 0.348 e. The van der Waals surface area contributed by atoms with Gasteiger partial charge in [0, 0.05) is 18.3 Å². The monoisotopic (exact) mass is 254 g/mol. The van der Waals surface area contributed by atoms with Gasteiger partial charge in [-0.1, -0.05) is 12.1 Å². The summed E-state index contributed by atoms with van der Waals surface area (Å²) in [7, 11) is 4.13. The number of hydrogen-bond acceptors (Lipinski definition) is 3. The van der Waals surface area contributed by atoms with Gasteiger partial charge in [0.1, 0.15) is 5.82 Å². The molecule has 1 atom stereocenters. The molecule has 0 aliphatic carbocycles. The van der Waals surface area contributed by atoms with E-state index in [1.165, 1.54) is 5.56 Å². The number of nitriles is 1. The fourth-order valence-corrected chi connectivity index (χ4v) is 2.11. The molecule has 98 valence electrons. The third kappa shape index (κ3) is 3.43. The summed E-state index contributed by atoms with van der Waals surface area (Å²) in [6.07, 6.45) is 4.62. The highest BCUT2D eigenvalue weighted by molar-refractivity contribution is 5.35. The van der Waals surface area contributed by atoms with Gasteiger partial charge in [0.05, 0.1) is 11.6 Å². The second-order valence-electron chi connectivity index (χ2n) is 4.85. The third-order valence-electron chi connectivity index (χ3n) is 3.16. The summed E-state index contributed by atoms with van der Waals surface area (Å²) >= 11 is 0. The van der Waals surface area contributed by atoms with Crippen molar-refractivity contribution in [2.75, 3.05) is 20.6 Å². The first kappa shape index (κ1) is 13.3. The fourth-order valence-electron chi connectivity index (χ4n) is 2.11. The van der Waals surface area contributed by atoms with Crippen molar-refractivity contribution in [3.63, 3.8) is 0 Å². The van der Waals surface area contributed by atoms with Crippen LogP contribution in [0.3, 0.4) is 0 Å². The lowest BCUT2D eigenvalue weighted by Crippen LogP contribution is -2.17. The van der Waals surface area contributed by atoms with Crippen LogP contribution in [-0.2, 0) is 0 Å². The number of aromatic nitrogens is 2. The van der Waals surface area contributed by atoms with Crippen molar-refractivity contribution in [1.82, 2.24) is 14.9 Å². The number of rotatable bonds is 5. The van der Waals surface area contributed by atoms with Crippen LogP contribution in [0.2, 0.25) is 0 Å². The first-order valence-corrected chi connectivity index (χ1v) is 6.35. The molecule has 0 fully saturated rings. The molecule has 0 aliphatic heterocycles. The summed E-state index contributed by atoms with van der Waals surface area (Å²) in [5.41, 5.74) is 1.88. The van der Waals surface area contributed by atoms with Gasteiger partial charge in [-0.25, -0.2) is 4.98 Å². The maximum Gasteiger partial charge on any atom is 0.113 e. The molecular formula is C15H18N4. The Balaban J connectivity index is 2.23. The number of nitrogens with zero attached hydrogens (tertiary/aromatic N) is 3. The van der Waals surface area contributed by atoms with E-state index >= 15 is 0 Å². The Kier molecular flexibility index (Phi) is 4.32. The fraction of sp³-hybridized carbons (Fsp3) is 0.333. The molecule has 1 aromatic carbocycles. The van der Waals surface area contributed by atoms with Crippen molar-refractivity contribution >= 4 is 0 Å². The van der Waals surface area contributed by atoms with Crippen LogP contribution in [0.15, 0.2) is 36.7 Å². The SMILES string of the molecule is CN(C)CCC(c1ccc(C#N)cc1)c1ncc[nH]1. The average Bonchev–Trinajstić information content (AvgIpc) is 2.93. The molecule has 4 nitrogen and oxygen atoms in total. The molecule has 0 amide bonds.